The number of para-hydroxylation sites is 1. The van der Waals surface area contributed by atoms with Gasteiger partial charge in [0.1, 0.15) is 4.90 Å². The third-order valence-electron chi connectivity index (χ3n) is 3.43. The Labute approximate surface area is 114 Å². The van der Waals surface area contributed by atoms with Crippen molar-refractivity contribution in [2.24, 2.45) is 11.1 Å². The molecule has 0 unspecified atom stereocenters. The minimum atomic E-state index is -3.78. The van der Waals surface area contributed by atoms with Gasteiger partial charge in [0.15, 0.2) is 0 Å². The van der Waals surface area contributed by atoms with Crippen LogP contribution in [-0.2, 0) is 10.0 Å². The molecular weight excluding hydrogens is 262 g/mol. The normalized spacial score (nSPS) is 15.8. The van der Waals surface area contributed by atoms with Crippen LogP contribution in [0.25, 0.3) is 0 Å². The van der Waals surface area contributed by atoms with E-state index < -0.39 is 10.0 Å². The number of hydrogen-bond acceptors (Lipinski definition) is 4. The Morgan fingerprint density at radius 3 is 2.47 bits per heavy atom. The molecule has 0 aliphatic heterocycles. The average Bonchev–Trinajstić information content (AvgIpc) is 3.08. The van der Waals surface area contributed by atoms with Crippen molar-refractivity contribution in [3.63, 3.8) is 0 Å². The molecule has 19 heavy (non-hydrogen) atoms. The van der Waals surface area contributed by atoms with Gasteiger partial charge in [-0.2, -0.15) is 0 Å². The Morgan fingerprint density at radius 2 is 2.00 bits per heavy atom. The van der Waals surface area contributed by atoms with Gasteiger partial charge < -0.3 is 10.6 Å². The van der Waals surface area contributed by atoms with Crippen molar-refractivity contribution in [3.05, 3.63) is 18.2 Å². The molecule has 0 heterocycles. The first-order valence-electron chi connectivity index (χ1n) is 6.48. The fourth-order valence-electron chi connectivity index (χ4n) is 2.20. The van der Waals surface area contributed by atoms with Gasteiger partial charge in [0.2, 0.25) is 10.0 Å². The average molecular weight is 283 g/mol. The highest BCUT2D eigenvalue weighted by molar-refractivity contribution is 7.89. The van der Waals surface area contributed by atoms with Crippen LogP contribution in [0.3, 0.4) is 0 Å². The molecule has 6 heteroatoms. The molecular formula is C13H21N3O2S. The molecule has 5 nitrogen and oxygen atoms in total. The first-order chi connectivity index (χ1) is 8.80. The summed E-state index contributed by atoms with van der Waals surface area (Å²) < 4.78 is 23.0. The van der Waals surface area contributed by atoms with E-state index in [1.807, 2.05) is 6.07 Å². The topological polar surface area (TPSA) is 89.4 Å². The molecule has 1 aliphatic rings. The van der Waals surface area contributed by atoms with E-state index in [0.29, 0.717) is 5.92 Å². The predicted octanol–water partition coefficient (Wildman–Crippen LogP) is 1.54. The zero-order valence-corrected chi connectivity index (χ0v) is 12.2. The lowest BCUT2D eigenvalue weighted by molar-refractivity contribution is 0.598. The van der Waals surface area contributed by atoms with Crippen LogP contribution in [0.4, 0.5) is 11.4 Å². The maximum absolute atomic E-state index is 11.5. The first kappa shape index (κ1) is 14.1. The number of nitrogens with two attached hydrogens (primary N) is 2. The monoisotopic (exact) mass is 283 g/mol. The number of nitrogens with zero attached hydrogens (tertiary/aromatic N) is 1. The lowest BCUT2D eigenvalue weighted by Crippen LogP contribution is -2.33. The molecule has 0 aromatic heterocycles. The summed E-state index contributed by atoms with van der Waals surface area (Å²) in [6.45, 7) is 5.06. The van der Waals surface area contributed by atoms with Crippen LogP contribution >= 0.6 is 0 Å². The van der Waals surface area contributed by atoms with Crippen molar-refractivity contribution in [3.8, 4) is 0 Å². The Morgan fingerprint density at radius 1 is 1.37 bits per heavy atom. The molecule has 0 atom stereocenters. The summed E-state index contributed by atoms with van der Waals surface area (Å²) in [6, 6.07) is 5.25. The number of nitrogen functional groups attached to an aromatic ring is 1. The highest BCUT2D eigenvalue weighted by Gasteiger charge is 2.27. The van der Waals surface area contributed by atoms with Gasteiger partial charge >= 0.3 is 0 Å². The maximum Gasteiger partial charge on any atom is 0.240 e. The third-order valence-corrected chi connectivity index (χ3v) is 4.40. The van der Waals surface area contributed by atoms with Gasteiger partial charge in [-0.25, -0.2) is 13.6 Å². The Bertz CT molecular complexity index is 565. The van der Waals surface area contributed by atoms with Crippen LogP contribution in [0.2, 0.25) is 0 Å². The van der Waals surface area contributed by atoms with E-state index in [1.54, 1.807) is 6.07 Å². The molecule has 1 aromatic carbocycles. The highest BCUT2D eigenvalue weighted by Crippen LogP contribution is 2.35. The molecule has 1 saturated carbocycles. The fourth-order valence-corrected chi connectivity index (χ4v) is 2.88. The van der Waals surface area contributed by atoms with E-state index in [0.717, 1.165) is 12.2 Å². The van der Waals surface area contributed by atoms with Crippen molar-refractivity contribution in [2.75, 3.05) is 17.2 Å². The summed E-state index contributed by atoms with van der Waals surface area (Å²) in [4.78, 5) is 2.16. The van der Waals surface area contributed by atoms with E-state index in [1.165, 1.54) is 18.9 Å². The van der Waals surface area contributed by atoms with E-state index in [9.17, 15) is 8.42 Å². The minimum Gasteiger partial charge on any atom is -0.396 e. The summed E-state index contributed by atoms with van der Waals surface area (Å²) in [6.07, 6.45) is 2.47. The second kappa shape index (κ2) is 5.02. The second-order valence-electron chi connectivity index (χ2n) is 5.42. The van der Waals surface area contributed by atoms with Gasteiger partial charge in [-0.05, 0) is 44.7 Å². The standard InChI is InChI=1S/C13H21N3O2S/c1-9(2)16(8-10-6-7-10)11-4-3-5-12(13(11)14)19(15,17)18/h3-5,9-10H,6-8,14H2,1-2H3,(H2,15,17,18). The summed E-state index contributed by atoms with van der Waals surface area (Å²) in [5, 5.41) is 5.19. The minimum absolute atomic E-state index is 0.00597. The van der Waals surface area contributed by atoms with Gasteiger partial charge in [-0.15, -0.1) is 0 Å². The molecule has 0 bridgehead atoms. The molecule has 2 rings (SSSR count). The highest BCUT2D eigenvalue weighted by atomic mass is 32.2. The number of rotatable bonds is 5. The molecule has 0 saturated heterocycles. The van der Waals surface area contributed by atoms with Crippen molar-refractivity contribution in [1.29, 1.82) is 0 Å². The van der Waals surface area contributed by atoms with Crippen molar-refractivity contribution >= 4 is 21.4 Å². The summed E-state index contributed by atoms with van der Waals surface area (Å²) in [5.41, 5.74) is 7.01. The molecule has 0 radical (unpaired) electrons. The van der Waals surface area contributed by atoms with Gasteiger partial charge in [0.25, 0.3) is 0 Å². The molecule has 0 spiro atoms. The molecule has 4 N–H and O–H groups in total. The maximum atomic E-state index is 11.5. The van der Waals surface area contributed by atoms with E-state index >= 15 is 0 Å². The van der Waals surface area contributed by atoms with Gasteiger partial charge in [-0.3, -0.25) is 0 Å². The van der Waals surface area contributed by atoms with Crippen LogP contribution in [-0.4, -0.2) is 21.0 Å². The zero-order chi connectivity index (χ0) is 14.2. The summed E-state index contributed by atoms with van der Waals surface area (Å²) in [5.74, 6) is 0.694. The molecule has 106 valence electrons. The molecule has 0 amide bonds. The molecule has 1 aliphatic carbocycles. The Hall–Kier alpha value is -1.27. The smallest absolute Gasteiger partial charge is 0.240 e. The molecule has 1 aromatic rings. The summed E-state index contributed by atoms with van der Waals surface area (Å²) >= 11 is 0. The first-order valence-corrected chi connectivity index (χ1v) is 8.03. The van der Waals surface area contributed by atoms with E-state index in [2.05, 4.69) is 18.7 Å². The van der Waals surface area contributed by atoms with Gasteiger partial charge in [-0.1, -0.05) is 6.07 Å². The largest absolute Gasteiger partial charge is 0.396 e. The lowest BCUT2D eigenvalue weighted by atomic mass is 10.2. The zero-order valence-electron chi connectivity index (χ0n) is 11.3. The fraction of sp³-hybridized carbons (Fsp3) is 0.538. The SMILES string of the molecule is CC(C)N(CC1CC1)c1cccc(S(N)(=O)=O)c1N. The van der Waals surface area contributed by atoms with Crippen molar-refractivity contribution < 1.29 is 8.42 Å². The van der Waals surface area contributed by atoms with Crippen LogP contribution in [0.1, 0.15) is 26.7 Å². The Kier molecular flexibility index (Phi) is 3.73. The lowest BCUT2D eigenvalue weighted by Gasteiger charge is -2.30. The quantitative estimate of drug-likeness (QED) is 0.802. The van der Waals surface area contributed by atoms with E-state index in [-0.39, 0.29) is 16.6 Å². The van der Waals surface area contributed by atoms with Crippen LogP contribution in [0, 0.1) is 5.92 Å². The Balaban J connectivity index is 2.42. The van der Waals surface area contributed by atoms with Crippen LogP contribution < -0.4 is 15.8 Å². The van der Waals surface area contributed by atoms with E-state index in [4.69, 9.17) is 10.9 Å². The van der Waals surface area contributed by atoms with Crippen molar-refractivity contribution in [1.82, 2.24) is 0 Å². The molecule has 1 fully saturated rings. The van der Waals surface area contributed by atoms with Gasteiger partial charge in [0.05, 0.1) is 11.4 Å². The summed E-state index contributed by atoms with van der Waals surface area (Å²) in [7, 11) is -3.78. The number of primary sulfonamides is 1. The van der Waals surface area contributed by atoms with Crippen LogP contribution in [0.15, 0.2) is 23.1 Å². The van der Waals surface area contributed by atoms with Gasteiger partial charge in [0, 0.05) is 12.6 Å². The number of hydrogen-bond donors (Lipinski definition) is 2. The number of benzene rings is 1. The number of anilines is 2. The third kappa shape index (κ3) is 3.19. The van der Waals surface area contributed by atoms with Crippen LogP contribution in [0.5, 0.6) is 0 Å². The van der Waals surface area contributed by atoms with Crippen molar-refractivity contribution in [2.45, 2.75) is 37.6 Å². The second-order valence-corrected chi connectivity index (χ2v) is 6.95. The number of sulfonamides is 1. The predicted molar refractivity (Wildman–Crippen MR) is 77.4 cm³/mol.